The summed E-state index contributed by atoms with van der Waals surface area (Å²) < 4.78 is 5.40. The van der Waals surface area contributed by atoms with Crippen LogP contribution < -0.4 is 0 Å². The molecule has 9 heteroatoms. The number of amides is 2. The van der Waals surface area contributed by atoms with Crippen molar-refractivity contribution in [2.75, 3.05) is 20.1 Å². The lowest BCUT2D eigenvalue weighted by atomic mass is 9.62. The highest BCUT2D eigenvalue weighted by Crippen LogP contribution is 2.50. The molecule has 0 bridgehead atoms. The van der Waals surface area contributed by atoms with Crippen LogP contribution in [0.2, 0.25) is 0 Å². The largest absolute Gasteiger partial charge is 0.380 e. The molecule has 2 amide bonds. The van der Waals surface area contributed by atoms with Crippen LogP contribution in [0.25, 0.3) is 11.4 Å². The second kappa shape index (κ2) is 9.10. The minimum Gasteiger partial charge on any atom is -0.380 e. The van der Waals surface area contributed by atoms with Gasteiger partial charge in [-0.1, -0.05) is 64.0 Å². The standard InChI is InChI=1S/C29H35N5O4/c1-18(2)19-7-9-21(10-8-19)29(37,28(5)16-33(6)17-28)22-11-20(13-30-14-22)25-31-23(38-32-25)15-34-24(35)12-27(3,4)26(34)36/h7-11,13-14,18,37H,12,15-17H2,1-6H3/t29-/m0/s1. The Balaban J connectivity index is 1.48. The van der Waals surface area contributed by atoms with E-state index < -0.39 is 16.4 Å². The van der Waals surface area contributed by atoms with Gasteiger partial charge in [-0.2, -0.15) is 4.98 Å². The minimum absolute atomic E-state index is 0.0717. The molecule has 2 saturated heterocycles. The first kappa shape index (κ1) is 26.2. The van der Waals surface area contributed by atoms with Crippen molar-refractivity contribution < 1.29 is 19.2 Å². The molecule has 0 aliphatic carbocycles. The normalized spacial score (nSPS) is 20.6. The van der Waals surface area contributed by atoms with Crippen LogP contribution in [-0.2, 0) is 21.7 Å². The predicted octanol–water partition coefficient (Wildman–Crippen LogP) is 3.73. The van der Waals surface area contributed by atoms with Crippen molar-refractivity contribution in [3.63, 3.8) is 0 Å². The van der Waals surface area contributed by atoms with Crippen LogP contribution >= 0.6 is 0 Å². The summed E-state index contributed by atoms with van der Waals surface area (Å²) in [7, 11) is 2.04. The second-order valence-corrected chi connectivity index (χ2v) is 12.0. The Morgan fingerprint density at radius 3 is 2.34 bits per heavy atom. The number of carbonyl (C=O) groups is 2. The zero-order valence-corrected chi connectivity index (χ0v) is 22.9. The lowest BCUT2D eigenvalue weighted by Gasteiger charge is -2.55. The van der Waals surface area contributed by atoms with E-state index in [1.54, 1.807) is 26.2 Å². The number of imide groups is 1. The summed E-state index contributed by atoms with van der Waals surface area (Å²) in [4.78, 5) is 37.2. The molecule has 200 valence electrons. The Kier molecular flexibility index (Phi) is 6.27. The topological polar surface area (TPSA) is 113 Å². The first-order valence-corrected chi connectivity index (χ1v) is 13.0. The summed E-state index contributed by atoms with van der Waals surface area (Å²) in [5, 5.41) is 16.5. The number of aromatic nitrogens is 3. The highest BCUT2D eigenvalue weighted by Gasteiger charge is 2.55. The number of benzene rings is 1. The van der Waals surface area contributed by atoms with Gasteiger partial charge in [0.1, 0.15) is 12.1 Å². The van der Waals surface area contributed by atoms with Crippen LogP contribution in [0.15, 0.2) is 47.2 Å². The lowest BCUT2D eigenvalue weighted by Crippen LogP contribution is -2.63. The summed E-state index contributed by atoms with van der Waals surface area (Å²) in [5.74, 6) is 0.323. The Bertz CT molecular complexity index is 1370. The number of aliphatic hydroxyl groups is 1. The highest BCUT2D eigenvalue weighted by atomic mass is 16.5. The zero-order valence-electron chi connectivity index (χ0n) is 22.9. The van der Waals surface area contributed by atoms with Crippen molar-refractivity contribution in [1.82, 2.24) is 24.9 Å². The Morgan fingerprint density at radius 1 is 1.08 bits per heavy atom. The molecule has 2 fully saturated rings. The van der Waals surface area contributed by atoms with Crippen LogP contribution in [0.1, 0.15) is 69.5 Å². The first-order chi connectivity index (χ1) is 17.8. The number of hydrogen-bond acceptors (Lipinski definition) is 8. The average Bonchev–Trinajstić information content (AvgIpc) is 3.40. The smallest absolute Gasteiger partial charge is 0.247 e. The number of nitrogens with zero attached hydrogens (tertiary/aromatic N) is 5. The monoisotopic (exact) mass is 517 g/mol. The zero-order chi connectivity index (χ0) is 27.5. The van der Waals surface area contributed by atoms with E-state index in [0.29, 0.717) is 17.0 Å². The Hall–Kier alpha value is -3.43. The third-order valence-electron chi connectivity index (χ3n) is 8.00. The van der Waals surface area contributed by atoms with Gasteiger partial charge in [0.25, 0.3) is 0 Å². The van der Waals surface area contributed by atoms with Crippen molar-refractivity contribution in [3.05, 3.63) is 65.3 Å². The molecule has 3 aromatic rings. The summed E-state index contributed by atoms with van der Waals surface area (Å²) in [6.45, 7) is 11.3. The van der Waals surface area contributed by atoms with E-state index in [1.807, 2.05) is 25.2 Å². The molecule has 38 heavy (non-hydrogen) atoms. The summed E-state index contributed by atoms with van der Waals surface area (Å²) >= 11 is 0. The maximum absolute atomic E-state index is 12.6. The van der Waals surface area contributed by atoms with Crippen LogP contribution in [0.4, 0.5) is 0 Å². The van der Waals surface area contributed by atoms with Gasteiger partial charge in [0.15, 0.2) is 0 Å². The van der Waals surface area contributed by atoms with Crippen LogP contribution in [-0.4, -0.2) is 62.0 Å². The molecule has 1 atom stereocenters. The summed E-state index contributed by atoms with van der Waals surface area (Å²) in [5.41, 5.74) is 0.751. The molecule has 4 heterocycles. The molecule has 5 rings (SSSR count). The first-order valence-electron chi connectivity index (χ1n) is 13.0. The van der Waals surface area contributed by atoms with E-state index >= 15 is 0 Å². The number of carbonyl (C=O) groups excluding carboxylic acids is 2. The average molecular weight is 518 g/mol. The van der Waals surface area contributed by atoms with Gasteiger partial charge in [-0.15, -0.1) is 0 Å². The molecule has 0 spiro atoms. The van der Waals surface area contributed by atoms with Crippen molar-refractivity contribution in [1.29, 1.82) is 0 Å². The van der Waals surface area contributed by atoms with Gasteiger partial charge in [-0.05, 0) is 30.2 Å². The van der Waals surface area contributed by atoms with Gasteiger partial charge in [-0.3, -0.25) is 19.5 Å². The molecule has 2 aliphatic heterocycles. The van der Waals surface area contributed by atoms with E-state index in [4.69, 9.17) is 4.52 Å². The van der Waals surface area contributed by atoms with Gasteiger partial charge in [0, 0.05) is 48.4 Å². The third kappa shape index (κ3) is 4.23. The number of likely N-dealkylation sites (tertiary alicyclic amines) is 2. The van der Waals surface area contributed by atoms with Crippen molar-refractivity contribution in [2.24, 2.45) is 10.8 Å². The fourth-order valence-corrected chi connectivity index (χ4v) is 5.87. The number of rotatable bonds is 7. The summed E-state index contributed by atoms with van der Waals surface area (Å²) in [6, 6.07) is 9.99. The van der Waals surface area contributed by atoms with Gasteiger partial charge in [-0.25, -0.2) is 0 Å². The van der Waals surface area contributed by atoms with Gasteiger partial charge in [0.05, 0.1) is 5.41 Å². The molecule has 1 N–H and O–H groups in total. The molecule has 0 unspecified atom stereocenters. The quantitative estimate of drug-likeness (QED) is 0.472. The second-order valence-electron chi connectivity index (χ2n) is 12.0. The third-order valence-corrected chi connectivity index (χ3v) is 8.00. The fourth-order valence-electron chi connectivity index (χ4n) is 5.87. The lowest BCUT2D eigenvalue weighted by molar-refractivity contribution is -0.141. The molecule has 2 aliphatic rings. The minimum atomic E-state index is -1.30. The molecule has 2 aromatic heterocycles. The fraction of sp³-hybridized carbons (Fsp3) is 0.483. The molecule has 0 radical (unpaired) electrons. The van der Waals surface area contributed by atoms with Gasteiger partial charge in [0.2, 0.25) is 23.5 Å². The van der Waals surface area contributed by atoms with Crippen molar-refractivity contribution in [3.8, 4) is 11.4 Å². The van der Waals surface area contributed by atoms with E-state index in [9.17, 15) is 14.7 Å². The molecular formula is C29H35N5O4. The number of hydrogen-bond donors (Lipinski definition) is 1. The van der Waals surface area contributed by atoms with E-state index in [0.717, 1.165) is 18.7 Å². The molecule has 1 aromatic carbocycles. The Morgan fingerprint density at radius 2 is 1.76 bits per heavy atom. The maximum Gasteiger partial charge on any atom is 0.247 e. The van der Waals surface area contributed by atoms with Crippen LogP contribution in [0, 0.1) is 10.8 Å². The van der Waals surface area contributed by atoms with Crippen LogP contribution in [0.5, 0.6) is 0 Å². The molecular weight excluding hydrogens is 482 g/mol. The van der Waals surface area contributed by atoms with E-state index in [-0.39, 0.29) is 36.5 Å². The van der Waals surface area contributed by atoms with E-state index in [2.05, 4.69) is 52.9 Å². The predicted molar refractivity (Wildman–Crippen MR) is 141 cm³/mol. The van der Waals surface area contributed by atoms with Gasteiger partial charge >= 0.3 is 0 Å². The Labute approximate surface area is 222 Å². The number of pyridine rings is 1. The SMILES string of the molecule is CC(C)c1ccc([C@](O)(c2cncc(-c3noc(CN4C(=O)CC(C)(C)C4=O)n3)c2)C2(C)CN(C)C2)cc1. The van der Waals surface area contributed by atoms with Gasteiger partial charge < -0.3 is 14.5 Å². The maximum atomic E-state index is 12.6. The highest BCUT2D eigenvalue weighted by molar-refractivity contribution is 6.05. The van der Waals surface area contributed by atoms with Crippen molar-refractivity contribution in [2.45, 2.75) is 59.1 Å². The molecule has 9 nitrogen and oxygen atoms in total. The molecule has 0 saturated carbocycles. The van der Waals surface area contributed by atoms with Crippen LogP contribution in [0.3, 0.4) is 0 Å². The van der Waals surface area contributed by atoms with E-state index in [1.165, 1.54) is 10.5 Å². The van der Waals surface area contributed by atoms with Crippen molar-refractivity contribution >= 4 is 11.8 Å². The summed E-state index contributed by atoms with van der Waals surface area (Å²) in [6.07, 6.45) is 3.46.